The number of hydrogen-bond donors (Lipinski definition) is 2. The van der Waals surface area contributed by atoms with E-state index in [1.165, 1.54) is 7.11 Å². The van der Waals surface area contributed by atoms with Crippen molar-refractivity contribution in [2.75, 3.05) is 36.7 Å². The lowest BCUT2D eigenvalue weighted by molar-refractivity contribution is 0.0602. The van der Waals surface area contributed by atoms with Gasteiger partial charge in [-0.05, 0) is 43.3 Å². The molecule has 0 bridgehead atoms. The van der Waals surface area contributed by atoms with Gasteiger partial charge in [0.05, 0.1) is 18.4 Å². The number of carbonyl (C=O) groups is 1. The van der Waals surface area contributed by atoms with Crippen molar-refractivity contribution in [2.45, 2.75) is 6.92 Å². The van der Waals surface area contributed by atoms with E-state index in [1.807, 2.05) is 56.3 Å². The normalized spacial score (nSPS) is 10.3. The van der Waals surface area contributed by atoms with Gasteiger partial charge < -0.3 is 20.3 Å². The SMILES string of the molecule is COC(=O)c1ccccc1Nc1cc(Nc2ccc(N(C)C)cc2)nc(C)n1. The molecule has 0 atom stereocenters. The number of hydrogen-bond acceptors (Lipinski definition) is 7. The summed E-state index contributed by atoms with van der Waals surface area (Å²) in [5.74, 6) is 1.43. The predicted molar refractivity (Wildman–Crippen MR) is 112 cm³/mol. The van der Waals surface area contributed by atoms with Crippen molar-refractivity contribution in [1.82, 2.24) is 9.97 Å². The molecule has 0 saturated carbocycles. The summed E-state index contributed by atoms with van der Waals surface area (Å²) >= 11 is 0. The maximum atomic E-state index is 12.0. The molecule has 0 spiro atoms. The van der Waals surface area contributed by atoms with E-state index >= 15 is 0 Å². The lowest BCUT2D eigenvalue weighted by atomic mass is 10.2. The van der Waals surface area contributed by atoms with Crippen LogP contribution in [0.3, 0.4) is 0 Å². The van der Waals surface area contributed by atoms with Crippen molar-refractivity contribution in [1.29, 1.82) is 0 Å². The fourth-order valence-electron chi connectivity index (χ4n) is 2.70. The van der Waals surface area contributed by atoms with E-state index in [4.69, 9.17) is 4.74 Å². The van der Waals surface area contributed by atoms with Gasteiger partial charge >= 0.3 is 5.97 Å². The number of esters is 1. The van der Waals surface area contributed by atoms with Crippen LogP contribution < -0.4 is 15.5 Å². The Balaban J connectivity index is 1.83. The lowest BCUT2D eigenvalue weighted by Gasteiger charge is -2.14. The van der Waals surface area contributed by atoms with Crippen LogP contribution in [0.25, 0.3) is 0 Å². The molecule has 0 radical (unpaired) electrons. The first-order chi connectivity index (χ1) is 13.5. The summed E-state index contributed by atoms with van der Waals surface area (Å²) in [6.45, 7) is 1.82. The molecule has 3 rings (SSSR count). The minimum Gasteiger partial charge on any atom is -0.465 e. The number of aryl methyl sites for hydroxylation is 1. The second kappa shape index (κ2) is 8.39. The molecule has 0 aliphatic carbocycles. The van der Waals surface area contributed by atoms with Crippen LogP contribution in [0.5, 0.6) is 0 Å². The molecule has 28 heavy (non-hydrogen) atoms. The molecule has 1 heterocycles. The molecule has 3 aromatic rings. The first-order valence-corrected chi connectivity index (χ1v) is 8.81. The number of para-hydroxylation sites is 1. The van der Waals surface area contributed by atoms with E-state index in [1.54, 1.807) is 24.3 Å². The highest BCUT2D eigenvalue weighted by Crippen LogP contribution is 2.24. The van der Waals surface area contributed by atoms with E-state index in [0.717, 1.165) is 11.4 Å². The van der Waals surface area contributed by atoms with Crippen LogP contribution in [0.4, 0.5) is 28.7 Å². The number of nitrogens with one attached hydrogen (secondary N) is 2. The average molecular weight is 377 g/mol. The summed E-state index contributed by atoms with van der Waals surface area (Å²) in [4.78, 5) is 22.9. The lowest BCUT2D eigenvalue weighted by Crippen LogP contribution is -2.08. The fraction of sp³-hybridized carbons (Fsp3) is 0.190. The van der Waals surface area contributed by atoms with Crippen LogP contribution in [0.2, 0.25) is 0 Å². The zero-order valence-corrected chi connectivity index (χ0v) is 16.4. The molecular formula is C21H23N5O2. The second-order valence-corrected chi connectivity index (χ2v) is 6.41. The van der Waals surface area contributed by atoms with Crippen molar-refractivity contribution in [3.8, 4) is 0 Å². The molecule has 144 valence electrons. The summed E-state index contributed by atoms with van der Waals surface area (Å²) in [5, 5.41) is 6.46. The van der Waals surface area contributed by atoms with Crippen molar-refractivity contribution in [3.05, 3.63) is 66.0 Å². The molecule has 0 aliphatic heterocycles. The predicted octanol–water partition coefficient (Wildman–Crippen LogP) is 4.12. The zero-order chi connectivity index (χ0) is 20.1. The van der Waals surface area contributed by atoms with Gasteiger partial charge in [0.25, 0.3) is 0 Å². The molecule has 7 heteroatoms. The first-order valence-electron chi connectivity index (χ1n) is 8.81. The molecule has 1 aromatic heterocycles. The number of benzene rings is 2. The smallest absolute Gasteiger partial charge is 0.339 e. The van der Waals surface area contributed by atoms with Crippen LogP contribution >= 0.6 is 0 Å². The molecule has 0 amide bonds. The Hall–Kier alpha value is -3.61. The maximum absolute atomic E-state index is 12.0. The first kappa shape index (κ1) is 19.2. The minimum absolute atomic E-state index is 0.409. The van der Waals surface area contributed by atoms with E-state index in [0.29, 0.717) is 28.7 Å². The standard InChI is InChI=1S/C21H23N5O2/c1-14-22-19(24-15-9-11-16(12-10-15)26(2)3)13-20(23-14)25-18-8-6-5-7-17(18)21(27)28-4/h5-13H,1-4H3,(H2,22,23,24,25). The maximum Gasteiger partial charge on any atom is 0.339 e. The summed E-state index contributed by atoms with van der Waals surface area (Å²) in [7, 11) is 5.36. The van der Waals surface area contributed by atoms with Gasteiger partial charge in [-0.25, -0.2) is 14.8 Å². The molecule has 7 nitrogen and oxygen atoms in total. The minimum atomic E-state index is -0.409. The van der Waals surface area contributed by atoms with Gasteiger partial charge in [0.2, 0.25) is 0 Å². The quantitative estimate of drug-likeness (QED) is 0.625. The van der Waals surface area contributed by atoms with Gasteiger partial charge in [-0.15, -0.1) is 0 Å². The number of ether oxygens (including phenoxy) is 1. The van der Waals surface area contributed by atoms with Crippen LogP contribution in [0.1, 0.15) is 16.2 Å². The van der Waals surface area contributed by atoms with E-state index in [-0.39, 0.29) is 0 Å². The van der Waals surface area contributed by atoms with Gasteiger partial charge in [-0.3, -0.25) is 0 Å². The topological polar surface area (TPSA) is 79.4 Å². The van der Waals surface area contributed by atoms with Gasteiger partial charge in [0.1, 0.15) is 17.5 Å². The Morgan fingerprint density at radius 1 is 0.964 bits per heavy atom. The zero-order valence-electron chi connectivity index (χ0n) is 16.4. The molecule has 2 N–H and O–H groups in total. The Bertz CT molecular complexity index is 971. The Morgan fingerprint density at radius 3 is 2.25 bits per heavy atom. The summed E-state index contributed by atoms with van der Waals surface area (Å²) in [5.41, 5.74) is 3.10. The highest BCUT2D eigenvalue weighted by molar-refractivity contribution is 5.96. The summed E-state index contributed by atoms with van der Waals surface area (Å²) in [6.07, 6.45) is 0. The van der Waals surface area contributed by atoms with Crippen LogP contribution in [0.15, 0.2) is 54.6 Å². The highest BCUT2D eigenvalue weighted by Gasteiger charge is 2.12. The highest BCUT2D eigenvalue weighted by atomic mass is 16.5. The third kappa shape index (κ3) is 4.56. The van der Waals surface area contributed by atoms with Gasteiger partial charge in [0.15, 0.2) is 0 Å². The number of aromatic nitrogens is 2. The fourth-order valence-corrected chi connectivity index (χ4v) is 2.70. The molecule has 0 unspecified atom stereocenters. The monoisotopic (exact) mass is 377 g/mol. The summed E-state index contributed by atoms with van der Waals surface area (Å²) < 4.78 is 4.84. The Labute approximate surface area is 164 Å². The Morgan fingerprint density at radius 2 is 1.61 bits per heavy atom. The van der Waals surface area contributed by atoms with Crippen molar-refractivity contribution in [3.63, 3.8) is 0 Å². The third-order valence-electron chi connectivity index (χ3n) is 4.09. The van der Waals surface area contributed by atoms with Crippen molar-refractivity contribution >= 4 is 34.7 Å². The number of methoxy groups -OCH3 is 1. The van der Waals surface area contributed by atoms with E-state index < -0.39 is 5.97 Å². The largest absolute Gasteiger partial charge is 0.465 e. The third-order valence-corrected chi connectivity index (χ3v) is 4.09. The van der Waals surface area contributed by atoms with Crippen molar-refractivity contribution < 1.29 is 9.53 Å². The molecule has 0 aliphatic rings. The van der Waals surface area contributed by atoms with Crippen LogP contribution in [-0.2, 0) is 4.74 Å². The summed E-state index contributed by atoms with van der Waals surface area (Å²) in [6, 6.07) is 17.0. The van der Waals surface area contributed by atoms with Crippen LogP contribution in [-0.4, -0.2) is 37.1 Å². The van der Waals surface area contributed by atoms with Gasteiger partial charge in [-0.2, -0.15) is 0 Å². The Kier molecular flexibility index (Phi) is 5.74. The van der Waals surface area contributed by atoms with Gasteiger partial charge in [-0.1, -0.05) is 12.1 Å². The number of rotatable bonds is 6. The number of nitrogens with zero attached hydrogens (tertiary/aromatic N) is 3. The second-order valence-electron chi connectivity index (χ2n) is 6.41. The van der Waals surface area contributed by atoms with Crippen molar-refractivity contribution in [2.24, 2.45) is 0 Å². The number of carbonyl (C=O) groups excluding carboxylic acids is 1. The van der Waals surface area contributed by atoms with Gasteiger partial charge in [0, 0.05) is 31.5 Å². The number of anilines is 5. The average Bonchev–Trinajstić information content (AvgIpc) is 2.68. The van der Waals surface area contributed by atoms with E-state index in [9.17, 15) is 4.79 Å². The molecule has 0 fully saturated rings. The van der Waals surface area contributed by atoms with Crippen LogP contribution in [0, 0.1) is 6.92 Å². The molecule has 2 aromatic carbocycles. The molecule has 0 saturated heterocycles. The molecular weight excluding hydrogens is 354 g/mol. The van der Waals surface area contributed by atoms with E-state index in [2.05, 4.69) is 20.6 Å².